The van der Waals surface area contributed by atoms with Crippen molar-refractivity contribution in [3.8, 4) is 11.5 Å². The summed E-state index contributed by atoms with van der Waals surface area (Å²) >= 11 is 1.47. The lowest BCUT2D eigenvalue weighted by atomic mass is 10.1. The number of amides is 1. The molecule has 24 heavy (non-hydrogen) atoms. The van der Waals surface area contributed by atoms with E-state index in [1.807, 2.05) is 18.2 Å². The predicted molar refractivity (Wildman–Crippen MR) is 92.7 cm³/mol. The maximum Gasteiger partial charge on any atom is 0.231 e. The van der Waals surface area contributed by atoms with Gasteiger partial charge < -0.3 is 14.8 Å². The van der Waals surface area contributed by atoms with Crippen LogP contribution < -0.4 is 14.8 Å². The third-order valence-corrected chi connectivity index (χ3v) is 5.10. The van der Waals surface area contributed by atoms with Crippen LogP contribution in [-0.4, -0.2) is 22.9 Å². The molecule has 0 spiro atoms. The highest BCUT2D eigenvalue weighted by Crippen LogP contribution is 2.33. The number of hydrogen-bond acceptors (Lipinski definition) is 6. The quantitative estimate of drug-likeness (QED) is 0.826. The van der Waals surface area contributed by atoms with Crippen LogP contribution in [0.4, 0.5) is 5.13 Å². The number of carbonyl (C=O) groups is 1. The first-order valence-electron chi connectivity index (χ1n) is 8.21. The van der Waals surface area contributed by atoms with Gasteiger partial charge in [0.15, 0.2) is 11.5 Å². The molecule has 0 unspecified atom stereocenters. The lowest BCUT2D eigenvalue weighted by molar-refractivity contribution is -0.116. The minimum atomic E-state index is -0.0556. The number of hydrogen-bond donors (Lipinski definition) is 1. The van der Waals surface area contributed by atoms with Crippen LogP contribution in [0.1, 0.15) is 49.6 Å². The molecule has 2 heterocycles. The molecule has 2 aromatic rings. The summed E-state index contributed by atoms with van der Waals surface area (Å²) in [5.74, 6) is 1.86. The van der Waals surface area contributed by atoms with E-state index in [4.69, 9.17) is 9.47 Å². The van der Waals surface area contributed by atoms with Crippen molar-refractivity contribution in [3.63, 3.8) is 0 Å². The second kappa shape index (κ2) is 7.61. The van der Waals surface area contributed by atoms with Crippen molar-refractivity contribution in [2.24, 2.45) is 0 Å². The number of nitrogens with zero attached hydrogens (tertiary/aromatic N) is 2. The Kier molecular flexibility index (Phi) is 5.30. The summed E-state index contributed by atoms with van der Waals surface area (Å²) in [6.45, 7) is 4.54. The molecule has 1 aromatic carbocycles. The van der Waals surface area contributed by atoms with Crippen LogP contribution in [0, 0.1) is 0 Å². The fourth-order valence-electron chi connectivity index (χ4n) is 2.62. The third-order valence-electron chi connectivity index (χ3n) is 4.10. The molecule has 7 heteroatoms. The first-order valence-corrected chi connectivity index (χ1v) is 9.03. The topological polar surface area (TPSA) is 73.3 Å². The molecule has 0 fully saturated rings. The highest BCUT2D eigenvalue weighted by Gasteiger charge is 2.16. The van der Waals surface area contributed by atoms with Crippen LogP contribution in [-0.2, 0) is 11.2 Å². The highest BCUT2D eigenvalue weighted by molar-refractivity contribution is 7.15. The molecule has 0 aliphatic carbocycles. The van der Waals surface area contributed by atoms with E-state index in [9.17, 15) is 4.79 Å². The molecule has 0 saturated heterocycles. The van der Waals surface area contributed by atoms with E-state index >= 15 is 0 Å². The van der Waals surface area contributed by atoms with Crippen LogP contribution in [0.2, 0.25) is 0 Å². The molecule has 1 N–H and O–H groups in total. The second-order valence-electron chi connectivity index (χ2n) is 5.69. The minimum Gasteiger partial charge on any atom is -0.454 e. The number of nitrogens with one attached hydrogen (secondary N) is 1. The lowest BCUT2D eigenvalue weighted by Crippen LogP contribution is -2.12. The van der Waals surface area contributed by atoms with Gasteiger partial charge in [0.05, 0.1) is 0 Å². The van der Waals surface area contributed by atoms with Crippen LogP contribution in [0.3, 0.4) is 0 Å². The van der Waals surface area contributed by atoms with E-state index in [0.717, 1.165) is 34.9 Å². The van der Waals surface area contributed by atoms with E-state index in [-0.39, 0.29) is 12.7 Å². The van der Waals surface area contributed by atoms with Gasteiger partial charge in [-0.2, -0.15) is 0 Å². The average molecular weight is 347 g/mol. The van der Waals surface area contributed by atoms with Crippen molar-refractivity contribution in [2.45, 2.75) is 45.4 Å². The largest absolute Gasteiger partial charge is 0.454 e. The zero-order valence-corrected chi connectivity index (χ0v) is 14.7. The van der Waals surface area contributed by atoms with Crippen molar-refractivity contribution >= 4 is 22.4 Å². The molecule has 0 atom stereocenters. The SMILES string of the molecule is CCC(CC)c1nnc(NC(=O)CCc2ccc3c(c2)OCO3)s1. The summed E-state index contributed by atoms with van der Waals surface area (Å²) < 4.78 is 10.6. The van der Waals surface area contributed by atoms with E-state index in [2.05, 4.69) is 29.4 Å². The number of aryl methyl sites for hydroxylation is 1. The van der Waals surface area contributed by atoms with Gasteiger partial charge in [-0.1, -0.05) is 31.3 Å². The summed E-state index contributed by atoms with van der Waals surface area (Å²) in [6.07, 6.45) is 3.09. The van der Waals surface area contributed by atoms with Gasteiger partial charge in [-0.05, 0) is 37.0 Å². The Hall–Kier alpha value is -2.15. The van der Waals surface area contributed by atoms with Crippen LogP contribution in [0.25, 0.3) is 0 Å². The Morgan fingerprint density at radius 1 is 1.25 bits per heavy atom. The molecule has 1 aliphatic rings. The van der Waals surface area contributed by atoms with Gasteiger partial charge in [-0.3, -0.25) is 4.79 Å². The number of fused-ring (bicyclic) bond motifs is 1. The van der Waals surface area contributed by atoms with Gasteiger partial charge in [0, 0.05) is 12.3 Å². The van der Waals surface area contributed by atoms with Crippen molar-refractivity contribution in [1.29, 1.82) is 0 Å². The van der Waals surface area contributed by atoms with Gasteiger partial charge in [-0.15, -0.1) is 10.2 Å². The molecule has 3 rings (SSSR count). The Bertz CT molecular complexity index is 713. The fraction of sp³-hybridized carbons (Fsp3) is 0.471. The lowest BCUT2D eigenvalue weighted by Gasteiger charge is -2.06. The predicted octanol–water partition coefficient (Wildman–Crippen LogP) is 3.74. The molecule has 6 nitrogen and oxygen atoms in total. The van der Waals surface area contributed by atoms with E-state index in [0.29, 0.717) is 23.9 Å². The molecule has 0 radical (unpaired) electrons. The second-order valence-corrected chi connectivity index (χ2v) is 6.70. The van der Waals surface area contributed by atoms with Gasteiger partial charge >= 0.3 is 0 Å². The maximum atomic E-state index is 12.1. The summed E-state index contributed by atoms with van der Waals surface area (Å²) in [5.41, 5.74) is 1.05. The normalized spacial score (nSPS) is 12.6. The minimum absolute atomic E-state index is 0.0556. The molecule has 1 aliphatic heterocycles. The number of carbonyl (C=O) groups excluding carboxylic acids is 1. The fourth-order valence-corrected chi connectivity index (χ4v) is 3.65. The Morgan fingerprint density at radius 2 is 2.04 bits per heavy atom. The summed E-state index contributed by atoms with van der Waals surface area (Å²) in [4.78, 5) is 12.1. The zero-order chi connectivity index (χ0) is 16.9. The third kappa shape index (κ3) is 3.84. The van der Waals surface area contributed by atoms with E-state index in [1.54, 1.807) is 0 Å². The standard InChI is InChI=1S/C17H21N3O3S/c1-3-12(4-2)16-19-20-17(24-16)18-15(21)8-6-11-5-7-13-14(9-11)23-10-22-13/h5,7,9,12H,3-4,6,8,10H2,1-2H3,(H,18,20,21). The molecule has 1 amide bonds. The Labute approximate surface area is 145 Å². The molecule has 128 valence electrons. The van der Waals surface area contributed by atoms with Crippen molar-refractivity contribution in [3.05, 3.63) is 28.8 Å². The van der Waals surface area contributed by atoms with Crippen molar-refractivity contribution in [2.75, 3.05) is 12.1 Å². The monoisotopic (exact) mass is 347 g/mol. The number of rotatable bonds is 7. The van der Waals surface area contributed by atoms with Gasteiger partial charge in [-0.25, -0.2) is 0 Å². The van der Waals surface area contributed by atoms with Crippen LogP contribution >= 0.6 is 11.3 Å². The van der Waals surface area contributed by atoms with Crippen LogP contribution in [0.15, 0.2) is 18.2 Å². The summed E-state index contributed by atoms with van der Waals surface area (Å²) in [7, 11) is 0. The maximum absolute atomic E-state index is 12.1. The molecule has 1 aromatic heterocycles. The first-order chi connectivity index (χ1) is 11.7. The average Bonchev–Trinajstić information content (AvgIpc) is 3.23. The van der Waals surface area contributed by atoms with Crippen LogP contribution in [0.5, 0.6) is 11.5 Å². The van der Waals surface area contributed by atoms with Crippen molar-refractivity contribution < 1.29 is 14.3 Å². The first kappa shape index (κ1) is 16.7. The van der Waals surface area contributed by atoms with E-state index < -0.39 is 0 Å². The summed E-state index contributed by atoms with van der Waals surface area (Å²) in [6, 6.07) is 5.75. The van der Waals surface area contributed by atoms with Gasteiger partial charge in [0.25, 0.3) is 0 Å². The molecule has 0 saturated carbocycles. The van der Waals surface area contributed by atoms with Gasteiger partial charge in [0.1, 0.15) is 5.01 Å². The molecule has 0 bridgehead atoms. The van der Waals surface area contributed by atoms with Gasteiger partial charge in [0.2, 0.25) is 17.8 Å². The molecular formula is C17H21N3O3S. The number of ether oxygens (including phenoxy) is 2. The summed E-state index contributed by atoms with van der Waals surface area (Å²) in [5, 5.41) is 12.7. The Balaban J connectivity index is 1.52. The number of benzene rings is 1. The number of anilines is 1. The number of aromatic nitrogens is 2. The zero-order valence-electron chi connectivity index (χ0n) is 13.9. The van der Waals surface area contributed by atoms with E-state index in [1.165, 1.54) is 11.3 Å². The van der Waals surface area contributed by atoms with Crippen molar-refractivity contribution in [1.82, 2.24) is 10.2 Å². The highest BCUT2D eigenvalue weighted by atomic mass is 32.1. The Morgan fingerprint density at radius 3 is 2.83 bits per heavy atom. The smallest absolute Gasteiger partial charge is 0.231 e. The molecular weight excluding hydrogens is 326 g/mol.